The summed E-state index contributed by atoms with van der Waals surface area (Å²) in [5.41, 5.74) is 3.33. The summed E-state index contributed by atoms with van der Waals surface area (Å²) in [6, 6.07) is 15.6. The van der Waals surface area contributed by atoms with Gasteiger partial charge in [0.15, 0.2) is 17.3 Å². The molecule has 6 nitrogen and oxygen atoms in total. The van der Waals surface area contributed by atoms with E-state index in [1.54, 1.807) is 69.7 Å². The smallest absolute Gasteiger partial charge is 0.343 e. The monoisotopic (exact) mass is 430 g/mol. The Morgan fingerprint density at radius 2 is 1.62 bits per heavy atom. The molecule has 3 aromatic carbocycles. The van der Waals surface area contributed by atoms with E-state index in [4.69, 9.17) is 18.9 Å². The van der Waals surface area contributed by atoms with Gasteiger partial charge in [-0.05, 0) is 61.4 Å². The number of ketones is 1. The summed E-state index contributed by atoms with van der Waals surface area (Å²) in [5, 5.41) is 0. The summed E-state index contributed by atoms with van der Waals surface area (Å²) in [5.74, 6) is 1.27. The van der Waals surface area contributed by atoms with E-state index in [0.29, 0.717) is 39.7 Å². The van der Waals surface area contributed by atoms with Crippen molar-refractivity contribution in [3.8, 4) is 23.0 Å². The van der Waals surface area contributed by atoms with E-state index in [1.165, 1.54) is 0 Å². The van der Waals surface area contributed by atoms with E-state index in [1.807, 2.05) is 19.1 Å². The second kappa shape index (κ2) is 8.59. The number of methoxy groups -OCH3 is 2. The molecule has 0 fully saturated rings. The maximum Gasteiger partial charge on any atom is 0.343 e. The summed E-state index contributed by atoms with van der Waals surface area (Å²) < 4.78 is 21.9. The molecule has 6 heteroatoms. The van der Waals surface area contributed by atoms with E-state index in [0.717, 1.165) is 11.1 Å². The lowest BCUT2D eigenvalue weighted by Crippen LogP contribution is -2.08. The van der Waals surface area contributed by atoms with E-state index in [2.05, 4.69) is 0 Å². The molecular formula is C26H22O6. The summed E-state index contributed by atoms with van der Waals surface area (Å²) in [4.78, 5) is 25.4. The number of allylic oxidation sites excluding steroid dienone is 1. The fourth-order valence-corrected chi connectivity index (χ4v) is 3.49. The zero-order valence-corrected chi connectivity index (χ0v) is 18.2. The number of aryl methyl sites for hydroxylation is 2. The molecule has 0 N–H and O–H groups in total. The molecule has 1 aliphatic heterocycles. The number of Topliss-reactive ketones (excluding diaryl/α,β-unsaturated/α-hetero) is 1. The Morgan fingerprint density at radius 1 is 0.906 bits per heavy atom. The molecular weight excluding hydrogens is 408 g/mol. The molecule has 162 valence electrons. The molecule has 32 heavy (non-hydrogen) atoms. The Labute approximate surface area is 186 Å². The fourth-order valence-electron chi connectivity index (χ4n) is 3.49. The van der Waals surface area contributed by atoms with Crippen LogP contribution >= 0.6 is 0 Å². The normalized spacial score (nSPS) is 13.5. The van der Waals surface area contributed by atoms with Crippen LogP contribution in [0.4, 0.5) is 0 Å². The van der Waals surface area contributed by atoms with Crippen LogP contribution in [0.3, 0.4) is 0 Å². The lowest BCUT2D eigenvalue weighted by molar-refractivity contribution is 0.0734. The second-order valence-electron chi connectivity index (χ2n) is 7.42. The van der Waals surface area contributed by atoms with Crippen LogP contribution in [-0.4, -0.2) is 26.0 Å². The van der Waals surface area contributed by atoms with E-state index in [-0.39, 0.29) is 11.5 Å². The highest BCUT2D eigenvalue weighted by atomic mass is 16.5. The number of benzene rings is 3. The lowest BCUT2D eigenvalue weighted by atomic mass is 10.0. The number of rotatable bonds is 5. The Morgan fingerprint density at radius 3 is 2.31 bits per heavy atom. The topological polar surface area (TPSA) is 71.1 Å². The zero-order chi connectivity index (χ0) is 22.8. The van der Waals surface area contributed by atoms with Crippen molar-refractivity contribution in [3.05, 3.63) is 88.2 Å². The predicted molar refractivity (Wildman–Crippen MR) is 120 cm³/mol. The van der Waals surface area contributed by atoms with Crippen molar-refractivity contribution >= 4 is 17.8 Å². The first-order valence-electron chi connectivity index (χ1n) is 9.99. The highest BCUT2D eigenvalue weighted by Gasteiger charge is 2.30. The molecule has 4 rings (SSSR count). The van der Waals surface area contributed by atoms with Crippen molar-refractivity contribution in [2.45, 2.75) is 13.8 Å². The number of ether oxygens (including phenoxy) is 4. The zero-order valence-electron chi connectivity index (χ0n) is 18.2. The third kappa shape index (κ3) is 4.07. The number of hydrogen-bond acceptors (Lipinski definition) is 6. The lowest BCUT2D eigenvalue weighted by Gasteiger charge is -2.08. The average Bonchev–Trinajstić information content (AvgIpc) is 3.09. The highest BCUT2D eigenvalue weighted by molar-refractivity contribution is 6.15. The van der Waals surface area contributed by atoms with Gasteiger partial charge in [0.1, 0.15) is 11.5 Å². The highest BCUT2D eigenvalue weighted by Crippen LogP contribution is 2.38. The Bertz CT molecular complexity index is 1240. The van der Waals surface area contributed by atoms with Crippen molar-refractivity contribution in [1.82, 2.24) is 0 Å². The molecule has 0 aliphatic carbocycles. The van der Waals surface area contributed by atoms with Crippen LogP contribution in [-0.2, 0) is 0 Å². The molecule has 0 saturated carbocycles. The molecule has 0 spiro atoms. The van der Waals surface area contributed by atoms with Crippen molar-refractivity contribution < 1.29 is 28.5 Å². The quantitative estimate of drug-likeness (QED) is 0.316. The molecule has 1 aliphatic rings. The number of esters is 1. The second-order valence-corrected chi connectivity index (χ2v) is 7.42. The fraction of sp³-hybridized carbons (Fsp3) is 0.154. The van der Waals surface area contributed by atoms with Crippen LogP contribution in [0.2, 0.25) is 0 Å². The van der Waals surface area contributed by atoms with Gasteiger partial charge in [-0.2, -0.15) is 0 Å². The predicted octanol–water partition coefficient (Wildman–Crippen LogP) is 5.16. The maximum absolute atomic E-state index is 12.9. The van der Waals surface area contributed by atoms with Gasteiger partial charge in [0, 0.05) is 6.07 Å². The summed E-state index contributed by atoms with van der Waals surface area (Å²) in [6.07, 6.45) is 1.64. The minimum atomic E-state index is -0.477. The number of fused-ring (bicyclic) bond motifs is 1. The van der Waals surface area contributed by atoms with Gasteiger partial charge in [-0.25, -0.2) is 4.79 Å². The van der Waals surface area contributed by atoms with Crippen LogP contribution in [0.5, 0.6) is 23.0 Å². The Balaban J connectivity index is 1.60. The molecule has 0 atom stereocenters. The first kappa shape index (κ1) is 21.2. The van der Waals surface area contributed by atoms with Crippen molar-refractivity contribution in [1.29, 1.82) is 0 Å². The maximum atomic E-state index is 12.9. The molecule has 0 radical (unpaired) electrons. The van der Waals surface area contributed by atoms with Gasteiger partial charge in [0.2, 0.25) is 5.78 Å². The SMILES string of the molecule is COc1ccc(/C=C2\Oc3cc(OC(=O)c4ccc(C)cc4)cc(C)c3C2=O)cc1OC. The number of hydrogen-bond donors (Lipinski definition) is 0. The standard InChI is InChI=1S/C26H22O6/c1-15-5-8-18(9-6-15)26(28)31-19-11-16(2)24-22(14-19)32-23(25(24)27)13-17-7-10-20(29-3)21(12-17)30-4/h5-14H,1-4H3/b23-13-. The molecule has 0 aromatic heterocycles. The largest absolute Gasteiger partial charge is 0.493 e. The van der Waals surface area contributed by atoms with Crippen LogP contribution in [0.25, 0.3) is 6.08 Å². The summed E-state index contributed by atoms with van der Waals surface area (Å²) in [6.45, 7) is 3.73. The first-order chi connectivity index (χ1) is 15.4. The van der Waals surface area contributed by atoms with Gasteiger partial charge < -0.3 is 18.9 Å². The molecule has 0 bridgehead atoms. The first-order valence-corrected chi connectivity index (χ1v) is 9.99. The van der Waals surface area contributed by atoms with Crippen LogP contribution in [0.1, 0.15) is 37.4 Å². The van der Waals surface area contributed by atoms with Gasteiger partial charge >= 0.3 is 5.97 Å². The molecule has 0 amide bonds. The Hall–Kier alpha value is -4.06. The van der Waals surface area contributed by atoms with Crippen molar-refractivity contribution in [2.24, 2.45) is 0 Å². The molecule has 3 aromatic rings. The molecule has 0 unspecified atom stereocenters. The van der Waals surface area contributed by atoms with Gasteiger partial charge in [-0.15, -0.1) is 0 Å². The molecule has 0 saturated heterocycles. The Kier molecular flexibility index (Phi) is 5.69. The minimum Gasteiger partial charge on any atom is -0.493 e. The van der Waals surface area contributed by atoms with Crippen LogP contribution in [0, 0.1) is 13.8 Å². The van der Waals surface area contributed by atoms with Crippen molar-refractivity contribution in [3.63, 3.8) is 0 Å². The van der Waals surface area contributed by atoms with Gasteiger partial charge in [-0.1, -0.05) is 23.8 Å². The third-order valence-electron chi connectivity index (χ3n) is 5.15. The van der Waals surface area contributed by atoms with Crippen LogP contribution < -0.4 is 18.9 Å². The van der Waals surface area contributed by atoms with Crippen molar-refractivity contribution in [2.75, 3.05) is 14.2 Å². The minimum absolute atomic E-state index is 0.178. The third-order valence-corrected chi connectivity index (χ3v) is 5.15. The number of carbonyl (C=O) groups is 2. The average molecular weight is 430 g/mol. The van der Waals surface area contributed by atoms with Gasteiger partial charge in [0.05, 0.1) is 25.3 Å². The summed E-state index contributed by atoms with van der Waals surface area (Å²) >= 11 is 0. The van der Waals surface area contributed by atoms with Crippen LogP contribution in [0.15, 0.2) is 60.4 Å². The molecule has 1 heterocycles. The van der Waals surface area contributed by atoms with E-state index in [9.17, 15) is 9.59 Å². The van der Waals surface area contributed by atoms with E-state index < -0.39 is 5.97 Å². The number of carbonyl (C=O) groups excluding carboxylic acids is 2. The van der Waals surface area contributed by atoms with Gasteiger partial charge in [0.25, 0.3) is 0 Å². The van der Waals surface area contributed by atoms with Gasteiger partial charge in [-0.3, -0.25) is 4.79 Å². The summed E-state index contributed by atoms with van der Waals surface area (Å²) in [7, 11) is 3.10. The van der Waals surface area contributed by atoms with E-state index >= 15 is 0 Å².